The van der Waals surface area contributed by atoms with Crippen molar-refractivity contribution in [3.05, 3.63) is 23.9 Å². The molecule has 1 aliphatic rings. The van der Waals surface area contributed by atoms with Gasteiger partial charge in [0.05, 0.1) is 0 Å². The van der Waals surface area contributed by atoms with Gasteiger partial charge in [-0.1, -0.05) is 26.8 Å². The molecule has 0 spiro atoms. The molecule has 112 valence electrons. The van der Waals surface area contributed by atoms with Crippen molar-refractivity contribution in [2.45, 2.75) is 44.9 Å². The maximum atomic E-state index is 4.49. The van der Waals surface area contributed by atoms with Gasteiger partial charge >= 0.3 is 0 Å². The van der Waals surface area contributed by atoms with Crippen molar-refractivity contribution in [2.75, 3.05) is 30.7 Å². The summed E-state index contributed by atoms with van der Waals surface area (Å²) in [6.07, 6.45) is 4.27. The first-order valence-electron chi connectivity index (χ1n) is 7.65. The van der Waals surface area contributed by atoms with E-state index in [-0.39, 0.29) is 0 Å². The minimum Gasteiger partial charge on any atom is -0.370 e. The predicted octanol–water partition coefficient (Wildman–Crippen LogP) is 3.62. The highest BCUT2D eigenvalue weighted by Crippen LogP contribution is 2.31. The highest BCUT2D eigenvalue weighted by molar-refractivity contribution is 8.00. The molecule has 0 bridgehead atoms. The van der Waals surface area contributed by atoms with Crippen LogP contribution in [0.15, 0.2) is 18.3 Å². The van der Waals surface area contributed by atoms with Gasteiger partial charge in [0, 0.05) is 41.9 Å². The van der Waals surface area contributed by atoms with Crippen molar-refractivity contribution < 1.29 is 0 Å². The number of aromatic nitrogens is 1. The monoisotopic (exact) mass is 293 g/mol. The van der Waals surface area contributed by atoms with Crippen LogP contribution >= 0.6 is 11.8 Å². The van der Waals surface area contributed by atoms with E-state index in [2.05, 4.69) is 53.8 Å². The van der Waals surface area contributed by atoms with Gasteiger partial charge in [0.25, 0.3) is 0 Å². The van der Waals surface area contributed by atoms with Crippen molar-refractivity contribution in [1.82, 2.24) is 9.88 Å². The fourth-order valence-electron chi connectivity index (χ4n) is 2.43. The van der Waals surface area contributed by atoms with Crippen LogP contribution in [0.3, 0.4) is 0 Å². The molecule has 0 aromatic carbocycles. The summed E-state index contributed by atoms with van der Waals surface area (Å²) in [6, 6.07) is 4.25. The second-order valence-corrected chi connectivity index (χ2v) is 7.87. The third-order valence-electron chi connectivity index (χ3n) is 3.76. The van der Waals surface area contributed by atoms with Gasteiger partial charge in [-0.2, -0.15) is 11.8 Å². The Kier molecular flexibility index (Phi) is 5.73. The Bertz CT molecular complexity index is 420. The maximum Gasteiger partial charge on any atom is 0.130 e. The number of pyridine rings is 1. The summed E-state index contributed by atoms with van der Waals surface area (Å²) in [5, 5.41) is 3.44. The summed E-state index contributed by atoms with van der Waals surface area (Å²) >= 11 is 2.10. The molecule has 4 heteroatoms. The minimum absolute atomic E-state index is 0.424. The van der Waals surface area contributed by atoms with E-state index in [0.29, 0.717) is 4.75 Å². The summed E-state index contributed by atoms with van der Waals surface area (Å²) in [5.74, 6) is 2.29. The van der Waals surface area contributed by atoms with Crippen LogP contribution in [0, 0.1) is 0 Å². The number of rotatable bonds is 5. The Morgan fingerprint density at radius 3 is 3.05 bits per heavy atom. The molecule has 20 heavy (non-hydrogen) atoms. The summed E-state index contributed by atoms with van der Waals surface area (Å²) < 4.78 is 0.424. The van der Waals surface area contributed by atoms with Crippen molar-refractivity contribution >= 4 is 17.6 Å². The Balaban J connectivity index is 1.98. The van der Waals surface area contributed by atoms with Gasteiger partial charge < -0.3 is 5.32 Å². The van der Waals surface area contributed by atoms with E-state index in [0.717, 1.165) is 25.3 Å². The van der Waals surface area contributed by atoms with Crippen LogP contribution < -0.4 is 5.32 Å². The van der Waals surface area contributed by atoms with Gasteiger partial charge in [0.15, 0.2) is 0 Å². The number of thioether (sulfide) groups is 1. The molecule has 1 N–H and O–H groups in total. The average Bonchev–Trinajstić information content (AvgIpc) is 2.59. The largest absolute Gasteiger partial charge is 0.370 e. The van der Waals surface area contributed by atoms with Crippen LogP contribution in [0.25, 0.3) is 0 Å². The van der Waals surface area contributed by atoms with Gasteiger partial charge in [-0.05, 0) is 25.5 Å². The van der Waals surface area contributed by atoms with E-state index in [1.165, 1.54) is 30.8 Å². The van der Waals surface area contributed by atoms with E-state index in [1.807, 2.05) is 12.3 Å². The molecular formula is C16H27N3S. The summed E-state index contributed by atoms with van der Waals surface area (Å²) in [5.41, 5.74) is 1.32. The van der Waals surface area contributed by atoms with E-state index >= 15 is 0 Å². The Labute approximate surface area is 127 Å². The topological polar surface area (TPSA) is 28.2 Å². The van der Waals surface area contributed by atoms with Gasteiger partial charge in [-0.15, -0.1) is 0 Å². The molecule has 3 nitrogen and oxygen atoms in total. The molecule has 1 aromatic rings. The average molecular weight is 293 g/mol. The molecule has 0 atom stereocenters. The Morgan fingerprint density at radius 1 is 1.40 bits per heavy atom. The maximum absolute atomic E-state index is 4.49. The highest BCUT2D eigenvalue weighted by Gasteiger charge is 2.23. The normalized spacial score (nSPS) is 19.6. The van der Waals surface area contributed by atoms with E-state index in [9.17, 15) is 0 Å². The second kappa shape index (κ2) is 7.32. The lowest BCUT2D eigenvalue weighted by molar-refractivity contribution is 0.276. The van der Waals surface area contributed by atoms with Gasteiger partial charge in [0.1, 0.15) is 5.82 Å². The standard InChI is InChI=1S/C16H27N3S/c1-4-8-17-15-14(6-5-9-18-15)13-19-10-7-16(2,3)20-12-11-19/h5-6,9H,4,7-8,10-13H2,1-3H3,(H,17,18). The molecule has 1 fully saturated rings. The second-order valence-electron chi connectivity index (χ2n) is 6.07. The fourth-order valence-corrected chi connectivity index (χ4v) is 3.57. The summed E-state index contributed by atoms with van der Waals surface area (Å²) in [7, 11) is 0. The molecule has 0 radical (unpaired) electrons. The lowest BCUT2D eigenvalue weighted by Crippen LogP contribution is -2.27. The molecule has 0 saturated carbocycles. The molecule has 2 rings (SSSR count). The van der Waals surface area contributed by atoms with Crippen molar-refractivity contribution in [3.8, 4) is 0 Å². The quantitative estimate of drug-likeness (QED) is 0.897. The highest BCUT2D eigenvalue weighted by atomic mass is 32.2. The zero-order valence-corrected chi connectivity index (χ0v) is 13.8. The third-order valence-corrected chi connectivity index (χ3v) is 5.13. The lowest BCUT2D eigenvalue weighted by Gasteiger charge is -2.23. The fraction of sp³-hybridized carbons (Fsp3) is 0.688. The Hall–Kier alpha value is -0.740. The molecule has 0 unspecified atom stereocenters. The first-order valence-corrected chi connectivity index (χ1v) is 8.63. The first-order chi connectivity index (χ1) is 9.61. The molecule has 0 aliphatic carbocycles. The number of nitrogens with zero attached hydrogens (tertiary/aromatic N) is 2. The number of anilines is 1. The molecule has 0 amide bonds. The molecule has 1 saturated heterocycles. The Morgan fingerprint density at radius 2 is 2.25 bits per heavy atom. The third kappa shape index (κ3) is 4.67. The van der Waals surface area contributed by atoms with E-state index in [1.54, 1.807) is 0 Å². The first kappa shape index (κ1) is 15.6. The van der Waals surface area contributed by atoms with Crippen molar-refractivity contribution in [3.63, 3.8) is 0 Å². The summed E-state index contributed by atoms with van der Waals surface area (Å²) in [4.78, 5) is 7.06. The van der Waals surface area contributed by atoms with Crippen LogP contribution in [0.2, 0.25) is 0 Å². The van der Waals surface area contributed by atoms with Crippen LogP contribution in [0.5, 0.6) is 0 Å². The zero-order chi connectivity index (χ0) is 14.4. The minimum atomic E-state index is 0.424. The summed E-state index contributed by atoms with van der Waals surface area (Å²) in [6.45, 7) is 11.3. The molecule has 2 heterocycles. The van der Waals surface area contributed by atoms with E-state index < -0.39 is 0 Å². The molecule has 1 aromatic heterocycles. The molecular weight excluding hydrogens is 266 g/mol. The SMILES string of the molecule is CCCNc1ncccc1CN1CCSC(C)(C)CC1. The van der Waals surface area contributed by atoms with Crippen molar-refractivity contribution in [2.24, 2.45) is 0 Å². The number of nitrogens with one attached hydrogen (secondary N) is 1. The lowest BCUT2D eigenvalue weighted by atomic mass is 10.1. The zero-order valence-electron chi connectivity index (χ0n) is 13.0. The smallest absolute Gasteiger partial charge is 0.130 e. The van der Waals surface area contributed by atoms with Gasteiger partial charge in [-0.3, -0.25) is 4.90 Å². The van der Waals surface area contributed by atoms with Crippen LogP contribution in [0.1, 0.15) is 39.2 Å². The van der Waals surface area contributed by atoms with E-state index in [4.69, 9.17) is 0 Å². The van der Waals surface area contributed by atoms with Gasteiger partial charge in [-0.25, -0.2) is 4.98 Å². The van der Waals surface area contributed by atoms with Crippen molar-refractivity contribution in [1.29, 1.82) is 0 Å². The predicted molar refractivity (Wildman–Crippen MR) is 89.4 cm³/mol. The number of hydrogen-bond acceptors (Lipinski definition) is 4. The molecule has 1 aliphatic heterocycles. The van der Waals surface area contributed by atoms with Gasteiger partial charge in [0.2, 0.25) is 0 Å². The van der Waals surface area contributed by atoms with Crippen LogP contribution in [0.4, 0.5) is 5.82 Å². The number of hydrogen-bond donors (Lipinski definition) is 1. The van der Waals surface area contributed by atoms with Crippen LogP contribution in [-0.2, 0) is 6.54 Å². The van der Waals surface area contributed by atoms with Crippen LogP contribution in [-0.4, -0.2) is 40.0 Å².